The van der Waals surface area contributed by atoms with Crippen LogP contribution in [0.4, 0.5) is 10.2 Å². The van der Waals surface area contributed by atoms with Gasteiger partial charge in [-0.15, -0.1) is 0 Å². The van der Waals surface area contributed by atoms with Gasteiger partial charge in [-0.05, 0) is 30.7 Å². The van der Waals surface area contributed by atoms with Crippen molar-refractivity contribution < 1.29 is 9.13 Å². The molecule has 2 rings (SSSR count). The first-order valence-corrected chi connectivity index (χ1v) is 5.07. The summed E-state index contributed by atoms with van der Waals surface area (Å²) < 4.78 is 18.8. The second-order valence-electron chi connectivity index (χ2n) is 3.54. The average molecular weight is 233 g/mol. The molecule has 0 bridgehead atoms. The molecule has 0 atom stereocenters. The first kappa shape index (κ1) is 11.3. The van der Waals surface area contributed by atoms with Gasteiger partial charge >= 0.3 is 0 Å². The predicted molar refractivity (Wildman–Crippen MR) is 63.3 cm³/mol. The van der Waals surface area contributed by atoms with E-state index in [0.29, 0.717) is 5.82 Å². The van der Waals surface area contributed by atoms with Crippen molar-refractivity contribution in [2.75, 3.05) is 5.43 Å². The fourth-order valence-corrected chi connectivity index (χ4v) is 1.35. The highest BCUT2D eigenvalue weighted by Gasteiger charge is 2.06. The minimum absolute atomic E-state index is 0.145. The summed E-state index contributed by atoms with van der Waals surface area (Å²) in [6, 6.07) is 9.66. The largest absolute Gasteiger partial charge is 0.436 e. The Bertz CT molecular complexity index is 531. The van der Waals surface area contributed by atoms with Crippen molar-refractivity contribution in [2.45, 2.75) is 6.92 Å². The Kier molecular flexibility index (Phi) is 3.20. The maximum atomic E-state index is 13.4. The van der Waals surface area contributed by atoms with E-state index in [1.807, 2.05) is 6.92 Å². The number of hydrazine groups is 1. The quantitative estimate of drug-likeness (QED) is 0.632. The summed E-state index contributed by atoms with van der Waals surface area (Å²) in [6.07, 6.45) is 0. The van der Waals surface area contributed by atoms with Gasteiger partial charge < -0.3 is 10.2 Å². The topological polar surface area (TPSA) is 60.2 Å². The second-order valence-corrected chi connectivity index (χ2v) is 3.54. The lowest BCUT2D eigenvalue weighted by molar-refractivity contribution is 0.427. The minimum atomic E-state index is -0.427. The third-order valence-electron chi connectivity index (χ3n) is 2.17. The molecule has 1 heterocycles. The van der Waals surface area contributed by atoms with Gasteiger partial charge in [-0.2, -0.15) is 4.98 Å². The zero-order chi connectivity index (χ0) is 12.3. The summed E-state index contributed by atoms with van der Waals surface area (Å²) in [5, 5.41) is 0. The van der Waals surface area contributed by atoms with Crippen LogP contribution in [-0.2, 0) is 0 Å². The fourth-order valence-electron chi connectivity index (χ4n) is 1.35. The van der Waals surface area contributed by atoms with E-state index in [1.54, 1.807) is 30.3 Å². The third-order valence-corrected chi connectivity index (χ3v) is 2.17. The summed E-state index contributed by atoms with van der Waals surface area (Å²) in [5.74, 6) is 5.68. The molecule has 0 spiro atoms. The number of aromatic nitrogens is 1. The number of benzene rings is 1. The van der Waals surface area contributed by atoms with E-state index < -0.39 is 5.82 Å². The normalized spacial score (nSPS) is 10.1. The van der Waals surface area contributed by atoms with Crippen molar-refractivity contribution in [2.24, 2.45) is 5.84 Å². The Morgan fingerprint density at radius 1 is 1.29 bits per heavy atom. The van der Waals surface area contributed by atoms with E-state index in [2.05, 4.69) is 10.4 Å². The number of aryl methyl sites for hydroxylation is 1. The van der Waals surface area contributed by atoms with Gasteiger partial charge in [0.1, 0.15) is 5.82 Å². The lowest BCUT2D eigenvalue weighted by atomic mass is 10.2. The lowest BCUT2D eigenvalue weighted by Crippen LogP contribution is -2.08. The molecule has 0 saturated heterocycles. The Morgan fingerprint density at radius 2 is 2.12 bits per heavy atom. The number of ether oxygens (including phenoxy) is 1. The number of pyridine rings is 1. The zero-order valence-corrected chi connectivity index (χ0v) is 9.27. The molecule has 5 heteroatoms. The Balaban J connectivity index is 2.27. The summed E-state index contributed by atoms with van der Waals surface area (Å²) in [4.78, 5) is 4.03. The van der Waals surface area contributed by atoms with Gasteiger partial charge in [0.15, 0.2) is 11.6 Å². The van der Waals surface area contributed by atoms with Crippen molar-refractivity contribution in [3.8, 4) is 11.6 Å². The third kappa shape index (κ3) is 2.70. The van der Waals surface area contributed by atoms with E-state index in [0.717, 1.165) is 5.56 Å². The van der Waals surface area contributed by atoms with Crippen LogP contribution >= 0.6 is 0 Å². The Morgan fingerprint density at radius 3 is 2.88 bits per heavy atom. The molecular weight excluding hydrogens is 221 g/mol. The SMILES string of the molecule is Cc1ccc(F)c(Oc2cccc(NN)n2)c1. The molecule has 0 unspecified atom stereocenters. The van der Waals surface area contributed by atoms with Crippen molar-refractivity contribution >= 4 is 5.82 Å². The van der Waals surface area contributed by atoms with Crippen LogP contribution in [0.15, 0.2) is 36.4 Å². The second kappa shape index (κ2) is 4.80. The molecule has 17 heavy (non-hydrogen) atoms. The molecule has 0 aliphatic heterocycles. The molecule has 4 nitrogen and oxygen atoms in total. The van der Waals surface area contributed by atoms with Gasteiger partial charge in [-0.3, -0.25) is 0 Å². The molecule has 0 amide bonds. The molecular formula is C12H12FN3O. The average Bonchev–Trinajstić information content (AvgIpc) is 2.34. The van der Waals surface area contributed by atoms with Crippen LogP contribution in [0.25, 0.3) is 0 Å². The molecule has 88 valence electrons. The highest BCUT2D eigenvalue weighted by atomic mass is 19.1. The summed E-state index contributed by atoms with van der Waals surface area (Å²) in [6.45, 7) is 1.86. The number of hydrogen-bond donors (Lipinski definition) is 2. The zero-order valence-electron chi connectivity index (χ0n) is 9.27. The van der Waals surface area contributed by atoms with Gasteiger partial charge in [0.2, 0.25) is 5.88 Å². The van der Waals surface area contributed by atoms with Crippen molar-refractivity contribution in [3.63, 3.8) is 0 Å². The van der Waals surface area contributed by atoms with E-state index in [1.165, 1.54) is 6.07 Å². The van der Waals surface area contributed by atoms with Crippen molar-refractivity contribution in [1.82, 2.24) is 4.98 Å². The number of anilines is 1. The number of rotatable bonds is 3. The van der Waals surface area contributed by atoms with Gasteiger partial charge in [-0.1, -0.05) is 12.1 Å². The monoisotopic (exact) mass is 233 g/mol. The van der Waals surface area contributed by atoms with E-state index >= 15 is 0 Å². The van der Waals surface area contributed by atoms with Crippen LogP contribution in [0.1, 0.15) is 5.56 Å². The Hall–Kier alpha value is -2.14. The van der Waals surface area contributed by atoms with Gasteiger partial charge in [-0.25, -0.2) is 10.2 Å². The van der Waals surface area contributed by atoms with Crippen molar-refractivity contribution in [3.05, 3.63) is 47.8 Å². The molecule has 0 saturated carbocycles. The van der Waals surface area contributed by atoms with E-state index in [9.17, 15) is 4.39 Å². The number of nitrogen functional groups attached to an aromatic ring is 1. The highest BCUT2D eigenvalue weighted by Crippen LogP contribution is 2.24. The lowest BCUT2D eigenvalue weighted by Gasteiger charge is -2.07. The van der Waals surface area contributed by atoms with Crippen LogP contribution in [0.2, 0.25) is 0 Å². The summed E-state index contributed by atoms with van der Waals surface area (Å²) in [7, 11) is 0. The van der Waals surface area contributed by atoms with Crippen LogP contribution < -0.4 is 16.0 Å². The van der Waals surface area contributed by atoms with Crippen LogP contribution in [-0.4, -0.2) is 4.98 Å². The van der Waals surface area contributed by atoms with Crippen LogP contribution in [0.5, 0.6) is 11.6 Å². The molecule has 0 fully saturated rings. The fraction of sp³-hybridized carbons (Fsp3) is 0.0833. The first-order valence-electron chi connectivity index (χ1n) is 5.07. The molecule has 3 N–H and O–H groups in total. The van der Waals surface area contributed by atoms with Gasteiger partial charge in [0.25, 0.3) is 0 Å². The minimum Gasteiger partial charge on any atom is -0.436 e. The number of halogens is 1. The first-order chi connectivity index (χ1) is 8.19. The van der Waals surface area contributed by atoms with Gasteiger partial charge in [0, 0.05) is 6.07 Å². The number of nitrogens with one attached hydrogen (secondary N) is 1. The van der Waals surface area contributed by atoms with Crippen molar-refractivity contribution in [1.29, 1.82) is 0 Å². The molecule has 0 aliphatic carbocycles. The van der Waals surface area contributed by atoms with Gasteiger partial charge in [0.05, 0.1) is 0 Å². The Labute approximate surface area is 98.2 Å². The predicted octanol–water partition coefficient (Wildman–Crippen LogP) is 2.61. The molecule has 2 aromatic rings. The van der Waals surface area contributed by atoms with Crippen LogP contribution in [0, 0.1) is 12.7 Å². The molecule has 0 radical (unpaired) electrons. The summed E-state index contributed by atoms with van der Waals surface area (Å²) >= 11 is 0. The molecule has 1 aromatic carbocycles. The summed E-state index contributed by atoms with van der Waals surface area (Å²) in [5.41, 5.74) is 3.31. The maximum absolute atomic E-state index is 13.4. The molecule has 0 aliphatic rings. The standard InChI is InChI=1S/C12H12FN3O/c1-8-5-6-9(13)10(7-8)17-12-4-2-3-11(15-12)16-14/h2-7H,14H2,1H3,(H,15,16). The van der Waals surface area contributed by atoms with E-state index in [4.69, 9.17) is 10.6 Å². The number of nitrogens with zero attached hydrogens (tertiary/aromatic N) is 1. The maximum Gasteiger partial charge on any atom is 0.221 e. The van der Waals surface area contributed by atoms with E-state index in [-0.39, 0.29) is 11.6 Å². The number of nitrogens with two attached hydrogens (primary N) is 1. The number of hydrogen-bond acceptors (Lipinski definition) is 4. The van der Waals surface area contributed by atoms with Crippen LogP contribution in [0.3, 0.4) is 0 Å². The smallest absolute Gasteiger partial charge is 0.221 e. The highest BCUT2D eigenvalue weighted by molar-refractivity contribution is 5.38. The molecule has 1 aromatic heterocycles.